The van der Waals surface area contributed by atoms with Crippen LogP contribution in [0.1, 0.15) is 20.7 Å². The zero-order valence-corrected chi connectivity index (χ0v) is 18.4. The van der Waals surface area contributed by atoms with E-state index in [1.54, 1.807) is 18.2 Å². The maximum atomic E-state index is 12.7. The highest BCUT2D eigenvalue weighted by Gasteiger charge is 2.32. The first kappa shape index (κ1) is 23.5. The van der Waals surface area contributed by atoms with Gasteiger partial charge in [0.25, 0.3) is 11.8 Å². The zero-order chi connectivity index (χ0) is 22.7. The molecule has 3 rings (SSSR count). The summed E-state index contributed by atoms with van der Waals surface area (Å²) in [4.78, 5) is 26.6. The topological polar surface area (TPSA) is 104 Å². The summed E-state index contributed by atoms with van der Waals surface area (Å²) < 4.78 is 34.0. The molecule has 1 aliphatic heterocycles. The number of hydrogen-bond acceptors (Lipinski definition) is 6. The van der Waals surface area contributed by atoms with Gasteiger partial charge in [-0.15, -0.1) is 6.58 Å². The normalized spacial score (nSPS) is 13.7. The lowest BCUT2D eigenvalue weighted by atomic mass is 9.93. The van der Waals surface area contributed by atoms with Crippen LogP contribution in [0.3, 0.4) is 0 Å². The maximum absolute atomic E-state index is 12.7. The Kier molecular flexibility index (Phi) is 7.02. The van der Waals surface area contributed by atoms with Crippen molar-refractivity contribution in [3.8, 4) is 5.75 Å². The van der Waals surface area contributed by atoms with Gasteiger partial charge in [-0.25, -0.2) is 8.42 Å². The predicted octanol–water partition coefficient (Wildman–Crippen LogP) is 1.87. The van der Waals surface area contributed by atoms with Gasteiger partial charge >= 0.3 is 0 Å². The second kappa shape index (κ2) is 8.95. The highest BCUT2D eigenvalue weighted by Crippen LogP contribution is 2.35. The lowest BCUT2D eigenvalue weighted by molar-refractivity contribution is -0.870. The van der Waals surface area contributed by atoms with Crippen molar-refractivity contribution in [2.24, 2.45) is 0 Å². The van der Waals surface area contributed by atoms with Crippen LogP contribution in [0.5, 0.6) is 5.75 Å². The van der Waals surface area contributed by atoms with Crippen LogP contribution in [0, 0.1) is 0 Å². The van der Waals surface area contributed by atoms with Crippen LogP contribution in [-0.2, 0) is 10.1 Å². The summed E-state index contributed by atoms with van der Waals surface area (Å²) in [6.07, 6.45) is 2.16. The van der Waals surface area contributed by atoms with Gasteiger partial charge in [0.05, 0.1) is 31.3 Å². The molecule has 0 bridgehead atoms. The molecule has 0 aliphatic carbocycles. The standard InChI is InChI=1S/C20H23N2O3.CH4O3S/c1-5-11-21-19(23)15-8-6-7-14-17(25-13-12-22(2,3)4)10-9-16(18(14)15)20(21)24;1-5(2,3)4/h5-10H,1,11-13H2,2-4H3;1H3,(H,2,3,4)/q+1;/p-1. The number of imide groups is 1. The van der Waals surface area contributed by atoms with Crippen molar-refractivity contribution >= 4 is 32.7 Å². The highest BCUT2D eigenvalue weighted by molar-refractivity contribution is 7.84. The molecule has 1 aliphatic rings. The van der Waals surface area contributed by atoms with E-state index >= 15 is 0 Å². The molecule has 0 N–H and O–H groups in total. The number of quaternary nitrogens is 1. The largest absolute Gasteiger partial charge is 0.748 e. The lowest BCUT2D eigenvalue weighted by Gasteiger charge is -2.27. The second-order valence-electron chi connectivity index (χ2n) is 7.92. The second-order valence-corrected chi connectivity index (χ2v) is 9.32. The number of carbonyl (C=O) groups is 2. The van der Waals surface area contributed by atoms with Crippen molar-refractivity contribution in [2.45, 2.75) is 0 Å². The fourth-order valence-electron chi connectivity index (χ4n) is 2.97. The van der Waals surface area contributed by atoms with Gasteiger partial charge in [0, 0.05) is 34.7 Å². The van der Waals surface area contributed by atoms with Crippen molar-refractivity contribution in [2.75, 3.05) is 47.1 Å². The Hall–Kier alpha value is -2.75. The average molecular weight is 435 g/mol. The van der Waals surface area contributed by atoms with Crippen molar-refractivity contribution in [3.63, 3.8) is 0 Å². The quantitative estimate of drug-likeness (QED) is 0.298. The van der Waals surface area contributed by atoms with Gasteiger partial charge in [0.15, 0.2) is 0 Å². The molecule has 2 aromatic rings. The molecule has 8 nitrogen and oxygen atoms in total. The van der Waals surface area contributed by atoms with E-state index < -0.39 is 10.1 Å². The Labute approximate surface area is 176 Å². The minimum atomic E-state index is -3.92. The third-order valence-corrected chi connectivity index (χ3v) is 4.28. The first-order chi connectivity index (χ1) is 13.8. The Morgan fingerprint density at radius 3 is 2.20 bits per heavy atom. The molecule has 2 aromatic carbocycles. The van der Waals surface area contributed by atoms with Gasteiger partial charge in [-0.1, -0.05) is 18.2 Å². The molecule has 0 aromatic heterocycles. The number of amides is 2. The molecule has 0 atom stereocenters. The van der Waals surface area contributed by atoms with E-state index in [-0.39, 0.29) is 18.4 Å². The van der Waals surface area contributed by atoms with Crippen LogP contribution in [0.15, 0.2) is 43.0 Å². The monoisotopic (exact) mass is 434 g/mol. The Morgan fingerprint density at radius 2 is 1.67 bits per heavy atom. The van der Waals surface area contributed by atoms with Crippen LogP contribution in [0.4, 0.5) is 0 Å². The molecule has 2 amide bonds. The number of hydrogen-bond donors (Lipinski definition) is 0. The van der Waals surface area contributed by atoms with Gasteiger partial charge in [-0.05, 0) is 18.2 Å². The van der Waals surface area contributed by atoms with Crippen molar-refractivity contribution < 1.29 is 31.8 Å². The molecule has 0 fully saturated rings. The zero-order valence-electron chi connectivity index (χ0n) is 17.5. The maximum Gasteiger partial charge on any atom is 0.261 e. The molecule has 0 saturated heterocycles. The molecule has 0 unspecified atom stereocenters. The summed E-state index contributed by atoms with van der Waals surface area (Å²) in [7, 11) is 2.39. The summed E-state index contributed by atoms with van der Waals surface area (Å²) in [6, 6.07) is 9.04. The van der Waals surface area contributed by atoms with Gasteiger partial charge < -0.3 is 13.8 Å². The first-order valence-electron chi connectivity index (χ1n) is 9.20. The third-order valence-electron chi connectivity index (χ3n) is 4.28. The Balaban J connectivity index is 0.000000575. The summed E-state index contributed by atoms with van der Waals surface area (Å²) in [6.45, 7) is 5.25. The van der Waals surface area contributed by atoms with E-state index in [1.165, 1.54) is 4.90 Å². The van der Waals surface area contributed by atoms with E-state index in [0.717, 1.165) is 16.4 Å². The van der Waals surface area contributed by atoms with Gasteiger partial charge in [0.2, 0.25) is 0 Å². The SMILES string of the molecule is C=CCN1C(=O)c2cccc3c(OCC[N+](C)(C)C)ccc(c23)C1=O.CS(=O)(=O)[O-]. The molecule has 0 spiro atoms. The fraction of sp³-hybridized carbons (Fsp3) is 0.333. The van der Waals surface area contributed by atoms with E-state index in [0.29, 0.717) is 35.1 Å². The molecule has 0 radical (unpaired) electrons. The van der Waals surface area contributed by atoms with E-state index in [2.05, 4.69) is 27.7 Å². The number of nitrogens with zero attached hydrogens (tertiary/aromatic N) is 2. The van der Waals surface area contributed by atoms with Crippen LogP contribution < -0.4 is 4.74 Å². The van der Waals surface area contributed by atoms with E-state index in [9.17, 15) is 9.59 Å². The number of carbonyl (C=O) groups excluding carboxylic acids is 2. The smallest absolute Gasteiger partial charge is 0.261 e. The Bertz CT molecular complexity index is 1060. The molecule has 30 heavy (non-hydrogen) atoms. The van der Waals surface area contributed by atoms with Gasteiger partial charge in [-0.3, -0.25) is 14.5 Å². The third kappa shape index (κ3) is 5.88. The highest BCUT2D eigenvalue weighted by atomic mass is 32.2. The number of ether oxygens (including phenoxy) is 1. The van der Waals surface area contributed by atoms with Crippen LogP contribution in [0.25, 0.3) is 10.8 Å². The van der Waals surface area contributed by atoms with Gasteiger partial charge in [0.1, 0.15) is 18.9 Å². The summed E-state index contributed by atoms with van der Waals surface area (Å²) in [5, 5.41) is 1.48. The molecular formula is C21H26N2O6S. The van der Waals surface area contributed by atoms with E-state index in [4.69, 9.17) is 17.7 Å². The molecular weight excluding hydrogens is 408 g/mol. The van der Waals surface area contributed by atoms with Crippen molar-refractivity contribution in [1.29, 1.82) is 0 Å². The van der Waals surface area contributed by atoms with Crippen molar-refractivity contribution in [3.05, 3.63) is 54.1 Å². The number of benzene rings is 2. The number of likely N-dealkylation sites (N-methyl/N-ethyl adjacent to an activating group) is 1. The molecule has 162 valence electrons. The first-order valence-corrected chi connectivity index (χ1v) is 11.0. The summed E-state index contributed by atoms with van der Waals surface area (Å²) in [5.74, 6) is 0.129. The summed E-state index contributed by atoms with van der Waals surface area (Å²) in [5.41, 5.74) is 1.07. The fourth-order valence-corrected chi connectivity index (χ4v) is 2.97. The van der Waals surface area contributed by atoms with Crippen molar-refractivity contribution in [1.82, 2.24) is 4.90 Å². The van der Waals surface area contributed by atoms with Crippen LogP contribution in [0.2, 0.25) is 0 Å². The van der Waals surface area contributed by atoms with E-state index in [1.807, 2.05) is 18.2 Å². The Morgan fingerprint density at radius 1 is 1.10 bits per heavy atom. The number of rotatable bonds is 6. The molecule has 0 saturated carbocycles. The minimum absolute atomic E-state index is 0.204. The predicted molar refractivity (Wildman–Crippen MR) is 114 cm³/mol. The molecule has 9 heteroatoms. The van der Waals surface area contributed by atoms with Crippen LogP contribution in [-0.4, -0.2) is 81.3 Å². The average Bonchev–Trinajstić information content (AvgIpc) is 2.61. The molecule has 1 heterocycles. The van der Waals surface area contributed by atoms with Crippen LogP contribution >= 0.6 is 0 Å². The minimum Gasteiger partial charge on any atom is -0.748 e. The lowest BCUT2D eigenvalue weighted by Crippen LogP contribution is -2.40. The summed E-state index contributed by atoms with van der Waals surface area (Å²) >= 11 is 0. The van der Waals surface area contributed by atoms with Gasteiger partial charge in [-0.2, -0.15) is 0 Å².